The molecule has 22 heavy (non-hydrogen) atoms. The number of allylic oxidation sites excluding steroid dienone is 4. The van der Waals surface area contributed by atoms with E-state index < -0.39 is 0 Å². The highest BCUT2D eigenvalue weighted by Crippen LogP contribution is 2.37. The summed E-state index contributed by atoms with van der Waals surface area (Å²) < 4.78 is 0. The zero-order valence-electron chi connectivity index (χ0n) is 12.1. The number of ketones is 1. The number of halogens is 1. The average molecular weight is 318 g/mol. The van der Waals surface area contributed by atoms with Crippen LogP contribution in [0.3, 0.4) is 0 Å². The Balaban J connectivity index is 2.39. The molecule has 0 spiro atoms. The molecule has 0 aliphatic heterocycles. The predicted molar refractivity (Wildman–Crippen MR) is 86.5 cm³/mol. The van der Waals surface area contributed by atoms with Crippen molar-refractivity contribution in [2.75, 3.05) is 13.2 Å². The van der Waals surface area contributed by atoms with E-state index in [1.807, 2.05) is 6.07 Å². The van der Waals surface area contributed by atoms with Crippen molar-refractivity contribution >= 4 is 28.9 Å². The number of fused-ring (bicyclic) bond motifs is 1. The largest absolute Gasteiger partial charge is 0.395 e. The Morgan fingerprint density at radius 1 is 1.36 bits per heavy atom. The molecule has 5 heteroatoms. The summed E-state index contributed by atoms with van der Waals surface area (Å²) in [5.41, 5.74) is 2.37. The Morgan fingerprint density at radius 2 is 2.00 bits per heavy atom. The summed E-state index contributed by atoms with van der Waals surface area (Å²) >= 11 is 6.25. The number of hydrogen-bond donors (Lipinski definition) is 2. The molecule has 0 radical (unpaired) electrons. The molecule has 1 aliphatic carbocycles. The van der Waals surface area contributed by atoms with Gasteiger partial charge in [-0.15, -0.1) is 0 Å². The van der Waals surface area contributed by atoms with Gasteiger partial charge in [-0.05, 0) is 24.1 Å². The summed E-state index contributed by atoms with van der Waals surface area (Å²) in [6, 6.07) is 7.09. The third-order valence-electron chi connectivity index (χ3n) is 3.36. The van der Waals surface area contributed by atoms with Gasteiger partial charge in [-0.2, -0.15) is 0 Å². The molecule has 0 saturated carbocycles. The van der Waals surface area contributed by atoms with Gasteiger partial charge in [0.05, 0.1) is 11.6 Å². The lowest BCUT2D eigenvalue weighted by atomic mass is 9.86. The maximum atomic E-state index is 12.5. The number of nitrogens with one attached hydrogen (secondary N) is 1. The Labute approximate surface area is 133 Å². The van der Waals surface area contributed by atoms with Gasteiger partial charge in [0.1, 0.15) is 0 Å². The Hall–Kier alpha value is -2.17. The fourth-order valence-electron chi connectivity index (χ4n) is 2.19. The number of hydrogen-bond acceptors (Lipinski definition) is 3. The van der Waals surface area contributed by atoms with E-state index in [0.29, 0.717) is 22.3 Å². The first-order valence-corrected chi connectivity index (χ1v) is 7.15. The summed E-state index contributed by atoms with van der Waals surface area (Å²) in [6.45, 7) is 5.51. The van der Waals surface area contributed by atoms with Crippen LogP contribution in [0.25, 0.3) is 5.57 Å². The van der Waals surface area contributed by atoms with Crippen LogP contribution >= 0.6 is 11.6 Å². The third-order valence-corrected chi connectivity index (χ3v) is 3.79. The van der Waals surface area contributed by atoms with Gasteiger partial charge in [0.25, 0.3) is 0 Å². The minimum Gasteiger partial charge on any atom is -0.395 e. The first-order valence-electron chi connectivity index (χ1n) is 6.78. The minimum absolute atomic E-state index is 0.147. The number of aliphatic hydroxyl groups is 1. The molecule has 0 heterocycles. The SMILES string of the molecule is C=C1C(Cl)=C(/C=C(\C)C(=O)NCCO)C(=O)c2ccccc21. The smallest absolute Gasteiger partial charge is 0.247 e. The first-order chi connectivity index (χ1) is 10.5. The molecule has 4 nitrogen and oxygen atoms in total. The second-order valence-corrected chi connectivity index (χ2v) is 5.27. The highest BCUT2D eigenvalue weighted by atomic mass is 35.5. The molecule has 0 bridgehead atoms. The number of rotatable bonds is 4. The summed E-state index contributed by atoms with van der Waals surface area (Å²) in [7, 11) is 0. The monoisotopic (exact) mass is 317 g/mol. The summed E-state index contributed by atoms with van der Waals surface area (Å²) in [5, 5.41) is 11.5. The summed E-state index contributed by atoms with van der Waals surface area (Å²) in [6.07, 6.45) is 1.46. The van der Waals surface area contributed by atoms with Crippen molar-refractivity contribution in [2.24, 2.45) is 0 Å². The fourth-order valence-corrected chi connectivity index (χ4v) is 2.43. The van der Waals surface area contributed by atoms with Crippen molar-refractivity contribution < 1.29 is 14.7 Å². The molecule has 0 atom stereocenters. The van der Waals surface area contributed by atoms with Gasteiger partial charge in [0.15, 0.2) is 5.78 Å². The summed E-state index contributed by atoms with van der Waals surface area (Å²) in [5.74, 6) is -0.592. The lowest BCUT2D eigenvalue weighted by Gasteiger charge is -2.19. The third kappa shape index (κ3) is 3.03. The van der Waals surface area contributed by atoms with Gasteiger partial charge in [-0.3, -0.25) is 9.59 Å². The zero-order chi connectivity index (χ0) is 16.3. The van der Waals surface area contributed by atoms with Crippen LogP contribution in [0.15, 0.2) is 53.1 Å². The number of carbonyl (C=O) groups excluding carboxylic acids is 2. The number of benzene rings is 1. The second-order valence-electron chi connectivity index (χ2n) is 4.89. The van der Waals surface area contributed by atoms with Crippen molar-refractivity contribution in [3.8, 4) is 0 Å². The molecule has 0 aromatic heterocycles. The highest BCUT2D eigenvalue weighted by molar-refractivity contribution is 6.42. The van der Waals surface area contributed by atoms with Crippen LogP contribution in [0.2, 0.25) is 0 Å². The maximum Gasteiger partial charge on any atom is 0.247 e. The molecule has 2 rings (SSSR count). The molecule has 1 amide bonds. The van der Waals surface area contributed by atoms with E-state index in [0.717, 1.165) is 0 Å². The van der Waals surface area contributed by atoms with Gasteiger partial charge >= 0.3 is 0 Å². The minimum atomic E-state index is -0.358. The Kier molecular flexibility index (Phi) is 4.96. The van der Waals surface area contributed by atoms with Gasteiger partial charge in [0.2, 0.25) is 5.91 Å². The van der Waals surface area contributed by atoms with Crippen molar-refractivity contribution in [1.82, 2.24) is 5.32 Å². The van der Waals surface area contributed by atoms with E-state index >= 15 is 0 Å². The Bertz CT molecular complexity index is 716. The van der Waals surface area contributed by atoms with E-state index in [2.05, 4.69) is 11.9 Å². The van der Waals surface area contributed by atoms with Gasteiger partial charge in [-0.1, -0.05) is 42.4 Å². The standard InChI is InChI=1S/C17H16ClNO3/c1-10(17(22)19-7-8-20)9-14-15(18)11(2)12-5-3-4-6-13(12)16(14)21/h3-6,9,20H,2,7-8H2,1H3,(H,19,22)/b10-9+. The van der Waals surface area contributed by atoms with Crippen LogP contribution in [0, 0.1) is 0 Å². The van der Waals surface area contributed by atoms with Crippen LogP contribution in [0.4, 0.5) is 0 Å². The normalized spacial score (nSPS) is 15.0. The maximum absolute atomic E-state index is 12.5. The lowest BCUT2D eigenvalue weighted by Crippen LogP contribution is -2.27. The average Bonchev–Trinajstić information content (AvgIpc) is 2.54. The van der Waals surface area contributed by atoms with E-state index in [4.69, 9.17) is 16.7 Å². The van der Waals surface area contributed by atoms with Crippen LogP contribution in [0.1, 0.15) is 22.8 Å². The molecule has 1 aromatic rings. The molecule has 2 N–H and O–H groups in total. The molecule has 1 aromatic carbocycles. The molecule has 0 saturated heterocycles. The Morgan fingerprint density at radius 3 is 2.64 bits per heavy atom. The van der Waals surface area contributed by atoms with E-state index in [-0.39, 0.29) is 35.4 Å². The van der Waals surface area contributed by atoms with Gasteiger partial charge in [0, 0.05) is 23.3 Å². The molecule has 114 valence electrons. The molecule has 1 aliphatic rings. The second kappa shape index (κ2) is 6.73. The van der Waals surface area contributed by atoms with E-state index in [1.165, 1.54) is 6.08 Å². The molecular formula is C17H16ClNO3. The van der Waals surface area contributed by atoms with Crippen LogP contribution in [0.5, 0.6) is 0 Å². The van der Waals surface area contributed by atoms with Crippen molar-refractivity contribution in [3.05, 3.63) is 64.2 Å². The van der Waals surface area contributed by atoms with Gasteiger partial charge in [-0.25, -0.2) is 0 Å². The van der Waals surface area contributed by atoms with Crippen molar-refractivity contribution in [3.63, 3.8) is 0 Å². The fraction of sp³-hybridized carbons (Fsp3) is 0.176. The van der Waals surface area contributed by atoms with Crippen LogP contribution in [-0.2, 0) is 4.79 Å². The molecule has 0 unspecified atom stereocenters. The number of amides is 1. The summed E-state index contributed by atoms with van der Waals surface area (Å²) in [4.78, 5) is 24.4. The topological polar surface area (TPSA) is 66.4 Å². The molecular weight excluding hydrogens is 302 g/mol. The zero-order valence-corrected chi connectivity index (χ0v) is 12.9. The van der Waals surface area contributed by atoms with Crippen molar-refractivity contribution in [2.45, 2.75) is 6.92 Å². The van der Waals surface area contributed by atoms with E-state index in [9.17, 15) is 9.59 Å². The number of Topliss-reactive ketones (excluding diaryl/α,β-unsaturated/α-hetero) is 1. The highest BCUT2D eigenvalue weighted by Gasteiger charge is 2.26. The van der Waals surface area contributed by atoms with Crippen LogP contribution < -0.4 is 5.32 Å². The van der Waals surface area contributed by atoms with Crippen LogP contribution in [-0.4, -0.2) is 29.9 Å². The number of aliphatic hydroxyl groups excluding tert-OH is 1. The van der Waals surface area contributed by atoms with Gasteiger partial charge < -0.3 is 10.4 Å². The molecule has 0 fully saturated rings. The quantitative estimate of drug-likeness (QED) is 0.838. The van der Waals surface area contributed by atoms with Crippen molar-refractivity contribution in [1.29, 1.82) is 0 Å². The first kappa shape index (κ1) is 16.2. The lowest BCUT2D eigenvalue weighted by molar-refractivity contribution is -0.117. The van der Waals surface area contributed by atoms with E-state index in [1.54, 1.807) is 25.1 Å². The number of carbonyl (C=O) groups is 2. The predicted octanol–water partition coefficient (Wildman–Crippen LogP) is 2.44.